The minimum absolute atomic E-state index is 0.0124. The summed E-state index contributed by atoms with van der Waals surface area (Å²) in [5.74, 6) is 1.03. The number of nitro groups is 1. The van der Waals surface area contributed by atoms with Crippen molar-refractivity contribution in [3.8, 4) is 10.9 Å². The maximum atomic E-state index is 10.6. The van der Waals surface area contributed by atoms with E-state index in [9.17, 15) is 10.1 Å². The highest BCUT2D eigenvalue weighted by atomic mass is 127. The number of hydrogen-bond donors (Lipinski definition) is 0. The first-order chi connectivity index (χ1) is 8.06. The van der Waals surface area contributed by atoms with Crippen LogP contribution >= 0.6 is 34.1 Å². The highest BCUT2D eigenvalue weighted by Gasteiger charge is 2.12. The molecule has 1 aromatic heterocycles. The highest BCUT2D eigenvalue weighted by molar-refractivity contribution is 14.1. The van der Waals surface area contributed by atoms with Crippen LogP contribution < -0.4 is 4.74 Å². The second kappa shape index (κ2) is 4.92. The maximum absolute atomic E-state index is 10.6. The van der Waals surface area contributed by atoms with E-state index in [2.05, 4.69) is 9.36 Å². The third kappa shape index (κ3) is 2.88. The summed E-state index contributed by atoms with van der Waals surface area (Å²) in [5, 5.41) is 11.0. The number of hydrogen-bond acceptors (Lipinski definition) is 6. The number of halogens is 1. The van der Waals surface area contributed by atoms with Crippen LogP contribution in [0.3, 0.4) is 0 Å². The van der Waals surface area contributed by atoms with Crippen molar-refractivity contribution < 1.29 is 9.66 Å². The molecule has 0 amide bonds. The van der Waals surface area contributed by atoms with Gasteiger partial charge in [0.1, 0.15) is 5.82 Å². The fourth-order valence-corrected chi connectivity index (χ4v) is 2.09. The van der Waals surface area contributed by atoms with Crippen molar-refractivity contribution in [3.05, 3.63) is 37.7 Å². The van der Waals surface area contributed by atoms with E-state index in [0.717, 1.165) is 15.1 Å². The molecular formula is C9H6IN3O3S. The zero-order valence-corrected chi connectivity index (χ0v) is 11.6. The predicted molar refractivity (Wildman–Crippen MR) is 70.5 cm³/mol. The van der Waals surface area contributed by atoms with Gasteiger partial charge in [-0.25, -0.2) is 0 Å². The number of rotatable bonds is 3. The molecule has 2 aromatic rings. The normalized spacial score (nSPS) is 10.2. The van der Waals surface area contributed by atoms with E-state index >= 15 is 0 Å². The molecule has 2 rings (SSSR count). The van der Waals surface area contributed by atoms with Crippen molar-refractivity contribution in [2.45, 2.75) is 6.92 Å². The summed E-state index contributed by atoms with van der Waals surface area (Å²) in [4.78, 5) is 14.2. The van der Waals surface area contributed by atoms with Crippen molar-refractivity contribution in [3.63, 3.8) is 0 Å². The topological polar surface area (TPSA) is 78.2 Å². The number of non-ortho nitro benzene ring substituents is 1. The van der Waals surface area contributed by atoms with Gasteiger partial charge in [-0.05, 0) is 35.6 Å². The van der Waals surface area contributed by atoms with E-state index in [1.807, 2.05) is 22.6 Å². The molecule has 0 fully saturated rings. The SMILES string of the molecule is Cc1nsc(Oc2cc([N+](=O)[O-])ccc2I)n1. The molecule has 8 heteroatoms. The minimum atomic E-state index is -0.464. The van der Waals surface area contributed by atoms with E-state index in [1.54, 1.807) is 13.0 Å². The summed E-state index contributed by atoms with van der Waals surface area (Å²) >= 11 is 3.15. The van der Waals surface area contributed by atoms with Crippen LogP contribution in [0.25, 0.3) is 0 Å². The summed E-state index contributed by atoms with van der Waals surface area (Å²) in [6.07, 6.45) is 0. The Morgan fingerprint density at radius 3 is 2.88 bits per heavy atom. The molecule has 0 aliphatic heterocycles. The van der Waals surface area contributed by atoms with Crippen LogP contribution in [0, 0.1) is 20.6 Å². The fraction of sp³-hybridized carbons (Fsp3) is 0.111. The molecule has 0 radical (unpaired) electrons. The van der Waals surface area contributed by atoms with Crippen LogP contribution in [0.2, 0.25) is 0 Å². The molecule has 1 heterocycles. The number of aryl methyl sites for hydroxylation is 1. The zero-order chi connectivity index (χ0) is 12.4. The van der Waals surface area contributed by atoms with E-state index in [-0.39, 0.29) is 5.69 Å². The molecule has 0 unspecified atom stereocenters. The first-order valence-electron chi connectivity index (χ1n) is 4.48. The summed E-state index contributed by atoms with van der Waals surface area (Å²) in [6.45, 7) is 1.75. The van der Waals surface area contributed by atoms with Crippen LogP contribution in [-0.4, -0.2) is 14.3 Å². The third-order valence-corrected chi connectivity index (χ3v) is 3.41. The van der Waals surface area contributed by atoms with E-state index in [1.165, 1.54) is 12.1 Å². The Morgan fingerprint density at radius 1 is 1.53 bits per heavy atom. The average molecular weight is 363 g/mol. The summed E-state index contributed by atoms with van der Waals surface area (Å²) in [6, 6.07) is 4.43. The lowest BCUT2D eigenvalue weighted by Gasteiger charge is -2.03. The minimum Gasteiger partial charge on any atom is -0.428 e. The van der Waals surface area contributed by atoms with Gasteiger partial charge in [0.05, 0.1) is 14.6 Å². The van der Waals surface area contributed by atoms with Gasteiger partial charge in [0, 0.05) is 17.6 Å². The standard InChI is InChI=1S/C9H6IN3O3S/c1-5-11-9(17-12-5)16-8-4-6(13(14)15)2-3-7(8)10/h2-4H,1H3. The Hall–Kier alpha value is -1.29. The van der Waals surface area contributed by atoms with Gasteiger partial charge in [-0.15, -0.1) is 0 Å². The maximum Gasteiger partial charge on any atom is 0.298 e. The molecule has 6 nitrogen and oxygen atoms in total. The van der Waals surface area contributed by atoms with Crippen molar-refractivity contribution in [2.24, 2.45) is 0 Å². The first kappa shape index (κ1) is 12.2. The number of nitro benzene ring substituents is 1. The lowest BCUT2D eigenvalue weighted by Crippen LogP contribution is -1.91. The Kier molecular flexibility index (Phi) is 3.52. The quantitative estimate of drug-likeness (QED) is 0.476. The molecule has 0 bridgehead atoms. The number of ether oxygens (including phenoxy) is 1. The zero-order valence-electron chi connectivity index (χ0n) is 8.58. The monoisotopic (exact) mass is 363 g/mol. The highest BCUT2D eigenvalue weighted by Crippen LogP contribution is 2.30. The molecule has 0 aliphatic carbocycles. The Morgan fingerprint density at radius 2 is 2.29 bits per heavy atom. The summed E-state index contributed by atoms with van der Waals surface area (Å²) < 4.78 is 10.2. The Labute approximate surface area is 114 Å². The van der Waals surface area contributed by atoms with Gasteiger partial charge in [-0.1, -0.05) is 0 Å². The molecule has 88 valence electrons. The molecule has 1 aromatic carbocycles. The molecule has 0 saturated carbocycles. The van der Waals surface area contributed by atoms with E-state index < -0.39 is 4.92 Å². The smallest absolute Gasteiger partial charge is 0.298 e. The number of aromatic nitrogens is 2. The van der Waals surface area contributed by atoms with Crippen LogP contribution in [0.15, 0.2) is 18.2 Å². The molecule has 17 heavy (non-hydrogen) atoms. The van der Waals surface area contributed by atoms with Crippen LogP contribution in [0.4, 0.5) is 5.69 Å². The molecule has 0 aliphatic rings. The van der Waals surface area contributed by atoms with Crippen LogP contribution in [0.5, 0.6) is 10.9 Å². The largest absolute Gasteiger partial charge is 0.428 e. The van der Waals surface area contributed by atoms with Gasteiger partial charge in [-0.2, -0.15) is 9.36 Å². The van der Waals surface area contributed by atoms with Crippen molar-refractivity contribution >= 4 is 39.8 Å². The summed E-state index contributed by atoms with van der Waals surface area (Å²) in [7, 11) is 0. The van der Waals surface area contributed by atoms with Gasteiger partial charge in [0.2, 0.25) is 0 Å². The third-order valence-electron chi connectivity index (χ3n) is 1.83. The average Bonchev–Trinajstić information content (AvgIpc) is 2.67. The van der Waals surface area contributed by atoms with Gasteiger partial charge < -0.3 is 4.74 Å². The number of benzene rings is 1. The second-order valence-electron chi connectivity index (χ2n) is 3.08. The van der Waals surface area contributed by atoms with Crippen molar-refractivity contribution in [1.82, 2.24) is 9.36 Å². The molecule has 0 N–H and O–H groups in total. The lowest BCUT2D eigenvalue weighted by atomic mass is 10.3. The lowest BCUT2D eigenvalue weighted by molar-refractivity contribution is -0.384. The molecule has 0 saturated heterocycles. The van der Waals surface area contributed by atoms with Crippen LogP contribution in [-0.2, 0) is 0 Å². The van der Waals surface area contributed by atoms with E-state index in [4.69, 9.17) is 4.74 Å². The van der Waals surface area contributed by atoms with Crippen LogP contribution in [0.1, 0.15) is 5.82 Å². The first-order valence-corrected chi connectivity index (χ1v) is 6.33. The second-order valence-corrected chi connectivity index (χ2v) is 4.96. The fourth-order valence-electron chi connectivity index (χ4n) is 1.10. The summed E-state index contributed by atoms with van der Waals surface area (Å²) in [5.41, 5.74) is -0.0124. The van der Waals surface area contributed by atoms with Gasteiger partial charge in [0.25, 0.3) is 10.9 Å². The van der Waals surface area contributed by atoms with Gasteiger partial charge in [0.15, 0.2) is 5.75 Å². The van der Waals surface area contributed by atoms with Crippen molar-refractivity contribution in [1.29, 1.82) is 0 Å². The molecule has 0 spiro atoms. The Balaban J connectivity index is 2.31. The van der Waals surface area contributed by atoms with E-state index in [0.29, 0.717) is 16.8 Å². The number of nitrogens with zero attached hydrogens (tertiary/aromatic N) is 3. The predicted octanol–water partition coefficient (Wildman–Crippen LogP) is 3.15. The molecule has 0 atom stereocenters. The van der Waals surface area contributed by atoms with Gasteiger partial charge in [-0.3, -0.25) is 10.1 Å². The van der Waals surface area contributed by atoms with Gasteiger partial charge >= 0.3 is 0 Å². The molecular weight excluding hydrogens is 357 g/mol. The Bertz CT molecular complexity index is 572. The van der Waals surface area contributed by atoms with Crippen molar-refractivity contribution in [2.75, 3.05) is 0 Å².